The summed E-state index contributed by atoms with van der Waals surface area (Å²) >= 11 is 0. The lowest BCUT2D eigenvalue weighted by atomic mass is 9.43. The summed E-state index contributed by atoms with van der Waals surface area (Å²) in [7, 11) is 0. The molecule has 0 radical (unpaired) electrons. The van der Waals surface area contributed by atoms with Crippen molar-refractivity contribution < 1.29 is 15.0 Å². The fourth-order valence-electron chi connectivity index (χ4n) is 9.41. The van der Waals surface area contributed by atoms with Crippen molar-refractivity contribution in [1.29, 1.82) is 0 Å². The zero-order valence-corrected chi connectivity index (χ0v) is 22.3. The zero-order valence-electron chi connectivity index (χ0n) is 22.3. The number of rotatable bonds is 5. The van der Waals surface area contributed by atoms with E-state index in [0.29, 0.717) is 5.92 Å². The number of fused-ring (bicyclic) bond motifs is 4. The molecule has 4 aliphatic carbocycles. The van der Waals surface area contributed by atoms with Crippen LogP contribution in [0.1, 0.15) is 113 Å². The molecule has 0 aromatic heterocycles. The van der Waals surface area contributed by atoms with Gasteiger partial charge in [-0.3, -0.25) is 4.79 Å². The Morgan fingerprint density at radius 1 is 1.00 bits per heavy atom. The summed E-state index contributed by atoms with van der Waals surface area (Å²) in [6.07, 6.45) is 12.3. The number of carboxylic acids is 1. The van der Waals surface area contributed by atoms with E-state index >= 15 is 0 Å². The first-order valence-electron chi connectivity index (χ1n) is 13.6. The van der Waals surface area contributed by atoms with Crippen molar-refractivity contribution in [3.63, 3.8) is 0 Å². The molecule has 7 atom stereocenters. The molecule has 4 aliphatic rings. The summed E-state index contributed by atoms with van der Waals surface area (Å²) in [4.78, 5) is 12.5. The topological polar surface area (TPSA) is 57.5 Å². The van der Waals surface area contributed by atoms with Crippen molar-refractivity contribution in [3.05, 3.63) is 22.8 Å². The Labute approximate surface area is 202 Å². The van der Waals surface area contributed by atoms with Gasteiger partial charge < -0.3 is 10.2 Å². The molecule has 0 bridgehead atoms. The highest BCUT2D eigenvalue weighted by Crippen LogP contribution is 2.72. The predicted molar refractivity (Wildman–Crippen MR) is 135 cm³/mol. The van der Waals surface area contributed by atoms with Gasteiger partial charge in [-0.05, 0) is 112 Å². The SMILES string of the molecule is CC(C)=CCCC(C(=O)O)C1CC[C@@]2(C)C3=C(CCC12C)C1(C)CC[C@H](O)C(C)(C)[C@@H]1CC3. The van der Waals surface area contributed by atoms with E-state index in [1.165, 1.54) is 12.0 Å². The molecule has 2 fully saturated rings. The number of carboxylic acid groups (broad SMARTS) is 1. The summed E-state index contributed by atoms with van der Waals surface area (Å²) in [6.45, 7) is 16.2. The molecule has 0 heterocycles. The maximum Gasteiger partial charge on any atom is 0.306 e. The average Bonchev–Trinajstić information content (AvgIpc) is 3.00. The summed E-state index contributed by atoms with van der Waals surface area (Å²) in [6, 6.07) is 0. The fourth-order valence-corrected chi connectivity index (χ4v) is 9.41. The van der Waals surface area contributed by atoms with Gasteiger partial charge in [-0.25, -0.2) is 0 Å². The van der Waals surface area contributed by atoms with Gasteiger partial charge in [0.05, 0.1) is 12.0 Å². The summed E-state index contributed by atoms with van der Waals surface area (Å²) < 4.78 is 0. The smallest absolute Gasteiger partial charge is 0.306 e. The quantitative estimate of drug-likeness (QED) is 0.420. The number of aliphatic carboxylic acids is 1. The third-order valence-corrected chi connectivity index (χ3v) is 11.6. The molecule has 33 heavy (non-hydrogen) atoms. The lowest BCUT2D eigenvalue weighted by molar-refractivity contribution is -0.146. The number of aliphatic hydroxyl groups excluding tert-OH is 1. The molecule has 0 aromatic rings. The molecular weight excluding hydrogens is 408 g/mol. The minimum atomic E-state index is -0.592. The van der Waals surface area contributed by atoms with E-state index in [-0.39, 0.29) is 39.6 Å². The Kier molecular flexibility index (Phi) is 6.25. The van der Waals surface area contributed by atoms with Crippen LogP contribution in [0, 0.1) is 39.4 Å². The van der Waals surface area contributed by atoms with E-state index in [4.69, 9.17) is 0 Å². The van der Waals surface area contributed by atoms with E-state index in [9.17, 15) is 15.0 Å². The van der Waals surface area contributed by atoms with Gasteiger partial charge in [0, 0.05) is 0 Å². The number of aliphatic hydroxyl groups is 1. The van der Waals surface area contributed by atoms with Crippen molar-refractivity contribution in [2.45, 2.75) is 119 Å². The van der Waals surface area contributed by atoms with Crippen LogP contribution in [0.5, 0.6) is 0 Å². The van der Waals surface area contributed by atoms with E-state index in [0.717, 1.165) is 57.8 Å². The van der Waals surface area contributed by atoms with Crippen molar-refractivity contribution in [3.8, 4) is 0 Å². The van der Waals surface area contributed by atoms with Gasteiger partial charge >= 0.3 is 5.97 Å². The predicted octanol–water partition coefficient (Wildman–Crippen LogP) is 7.54. The first-order valence-corrected chi connectivity index (χ1v) is 13.6. The Morgan fingerprint density at radius 3 is 2.33 bits per heavy atom. The van der Waals surface area contributed by atoms with E-state index < -0.39 is 5.97 Å². The summed E-state index contributed by atoms with van der Waals surface area (Å²) in [5.41, 5.74) is 5.00. The van der Waals surface area contributed by atoms with Crippen LogP contribution in [0.3, 0.4) is 0 Å². The second kappa shape index (κ2) is 8.25. The lowest BCUT2D eigenvalue weighted by Gasteiger charge is -2.62. The minimum absolute atomic E-state index is 0.0370. The second-order valence-corrected chi connectivity index (χ2v) is 13.5. The third-order valence-electron chi connectivity index (χ3n) is 11.6. The molecule has 4 rings (SSSR count). The van der Waals surface area contributed by atoms with Gasteiger partial charge in [0.15, 0.2) is 0 Å². The molecule has 0 amide bonds. The summed E-state index contributed by atoms with van der Waals surface area (Å²) in [5, 5.41) is 21.0. The van der Waals surface area contributed by atoms with E-state index in [2.05, 4.69) is 54.5 Å². The average molecular weight is 457 g/mol. The van der Waals surface area contributed by atoms with Gasteiger partial charge in [0.1, 0.15) is 0 Å². The fraction of sp³-hybridized carbons (Fsp3) is 0.833. The first kappa shape index (κ1) is 25.0. The van der Waals surface area contributed by atoms with Crippen molar-refractivity contribution in [1.82, 2.24) is 0 Å². The standard InChI is InChI=1S/C30H48O3/c1-19(2)9-8-10-20(26(32)33)21-13-17-30(7)23-11-12-24-27(3,4)25(31)15-16-28(24,5)22(23)14-18-29(21,30)6/h9,20-21,24-25,31H,8,10-18H2,1-7H3,(H,32,33)/t20?,21?,24-,25-,28?,29?,30-/m0/s1. The molecule has 186 valence electrons. The van der Waals surface area contributed by atoms with Gasteiger partial charge in [-0.15, -0.1) is 0 Å². The lowest BCUT2D eigenvalue weighted by Crippen LogP contribution is -2.55. The first-order chi connectivity index (χ1) is 15.3. The molecule has 0 aliphatic heterocycles. The van der Waals surface area contributed by atoms with Crippen LogP contribution in [-0.4, -0.2) is 22.3 Å². The number of carbonyl (C=O) groups is 1. The normalized spacial score (nSPS) is 42.7. The molecular formula is C30H48O3. The van der Waals surface area contributed by atoms with Gasteiger partial charge in [0.25, 0.3) is 0 Å². The van der Waals surface area contributed by atoms with Gasteiger partial charge in [-0.1, -0.05) is 57.4 Å². The van der Waals surface area contributed by atoms with Crippen LogP contribution in [0.2, 0.25) is 0 Å². The number of allylic oxidation sites excluding steroid dienone is 4. The Hall–Kier alpha value is -1.09. The zero-order chi connectivity index (χ0) is 24.4. The molecule has 0 saturated heterocycles. The van der Waals surface area contributed by atoms with E-state index in [1.54, 1.807) is 11.1 Å². The largest absolute Gasteiger partial charge is 0.481 e. The van der Waals surface area contributed by atoms with Crippen LogP contribution in [0.4, 0.5) is 0 Å². The van der Waals surface area contributed by atoms with Gasteiger partial charge in [0.2, 0.25) is 0 Å². The van der Waals surface area contributed by atoms with Crippen molar-refractivity contribution >= 4 is 5.97 Å². The van der Waals surface area contributed by atoms with Crippen LogP contribution >= 0.6 is 0 Å². The van der Waals surface area contributed by atoms with Crippen LogP contribution in [0.15, 0.2) is 22.8 Å². The van der Waals surface area contributed by atoms with Crippen LogP contribution < -0.4 is 0 Å². The molecule has 0 aromatic carbocycles. The molecule has 2 N–H and O–H groups in total. The van der Waals surface area contributed by atoms with Crippen LogP contribution in [-0.2, 0) is 4.79 Å². The van der Waals surface area contributed by atoms with Crippen LogP contribution in [0.25, 0.3) is 0 Å². The van der Waals surface area contributed by atoms with Gasteiger partial charge in [-0.2, -0.15) is 0 Å². The highest BCUT2D eigenvalue weighted by molar-refractivity contribution is 5.70. The Morgan fingerprint density at radius 2 is 1.70 bits per heavy atom. The maximum atomic E-state index is 12.5. The second-order valence-electron chi connectivity index (χ2n) is 13.5. The highest BCUT2D eigenvalue weighted by atomic mass is 16.4. The van der Waals surface area contributed by atoms with E-state index in [1.807, 2.05) is 0 Å². The molecule has 4 unspecified atom stereocenters. The summed E-state index contributed by atoms with van der Waals surface area (Å²) in [5.74, 6) is -0.0420. The minimum Gasteiger partial charge on any atom is -0.481 e. The number of hydrogen-bond acceptors (Lipinski definition) is 2. The molecule has 2 saturated carbocycles. The Balaban J connectivity index is 1.69. The van der Waals surface area contributed by atoms with Crippen molar-refractivity contribution in [2.75, 3.05) is 0 Å². The highest BCUT2D eigenvalue weighted by Gasteiger charge is 2.64. The monoisotopic (exact) mass is 456 g/mol. The third kappa shape index (κ3) is 3.58. The molecule has 3 heteroatoms. The number of hydrogen-bond donors (Lipinski definition) is 2. The van der Waals surface area contributed by atoms with Crippen molar-refractivity contribution in [2.24, 2.45) is 39.4 Å². The maximum absolute atomic E-state index is 12.5. The molecule has 3 nitrogen and oxygen atoms in total. The Bertz CT molecular complexity index is 862. The molecule has 0 spiro atoms.